The lowest BCUT2D eigenvalue weighted by Gasteiger charge is -2.13. The minimum atomic E-state index is -0.335. The molecule has 7 heteroatoms. The molecule has 0 bridgehead atoms. The van der Waals surface area contributed by atoms with E-state index in [1.807, 2.05) is 6.92 Å². The Labute approximate surface area is 105 Å². The highest BCUT2D eigenvalue weighted by atomic mass is 35.5. The third-order valence-corrected chi connectivity index (χ3v) is 2.24. The lowest BCUT2D eigenvalue weighted by atomic mass is 10.4. The highest BCUT2D eigenvalue weighted by molar-refractivity contribution is 6.20. The second kappa shape index (κ2) is 6.44. The number of carbonyl (C=O) groups excluding carboxylic acids is 1. The van der Waals surface area contributed by atoms with Crippen molar-refractivity contribution in [3.8, 4) is 0 Å². The SMILES string of the molecule is CCCNC(=O)CN(C)c1nnc(C(C)Cl)o1. The van der Waals surface area contributed by atoms with E-state index in [1.54, 1.807) is 18.9 Å². The van der Waals surface area contributed by atoms with Crippen LogP contribution in [0.25, 0.3) is 0 Å². The summed E-state index contributed by atoms with van der Waals surface area (Å²) in [6, 6.07) is 0.291. The summed E-state index contributed by atoms with van der Waals surface area (Å²) in [5.41, 5.74) is 0. The Morgan fingerprint density at radius 1 is 1.59 bits per heavy atom. The van der Waals surface area contributed by atoms with Gasteiger partial charge in [0.2, 0.25) is 11.8 Å². The zero-order chi connectivity index (χ0) is 12.8. The van der Waals surface area contributed by atoms with Gasteiger partial charge < -0.3 is 14.6 Å². The maximum atomic E-state index is 11.5. The zero-order valence-electron chi connectivity index (χ0n) is 10.2. The van der Waals surface area contributed by atoms with Gasteiger partial charge in [0.25, 0.3) is 0 Å². The van der Waals surface area contributed by atoms with Crippen molar-refractivity contribution in [1.82, 2.24) is 15.5 Å². The summed E-state index contributed by atoms with van der Waals surface area (Å²) < 4.78 is 5.30. The van der Waals surface area contributed by atoms with Gasteiger partial charge in [0.15, 0.2) is 0 Å². The number of aromatic nitrogens is 2. The number of amides is 1. The van der Waals surface area contributed by atoms with E-state index >= 15 is 0 Å². The molecule has 1 amide bonds. The Balaban J connectivity index is 2.51. The van der Waals surface area contributed by atoms with E-state index in [4.69, 9.17) is 16.0 Å². The van der Waals surface area contributed by atoms with Gasteiger partial charge in [-0.1, -0.05) is 12.0 Å². The summed E-state index contributed by atoms with van der Waals surface area (Å²) in [5.74, 6) is 0.274. The average Bonchev–Trinajstić information content (AvgIpc) is 2.75. The first-order valence-electron chi connectivity index (χ1n) is 5.50. The summed E-state index contributed by atoms with van der Waals surface area (Å²) in [7, 11) is 1.71. The Hall–Kier alpha value is -1.30. The number of hydrogen-bond donors (Lipinski definition) is 1. The molecule has 0 spiro atoms. The van der Waals surface area contributed by atoms with Crippen molar-refractivity contribution in [1.29, 1.82) is 0 Å². The van der Waals surface area contributed by atoms with Crippen LogP contribution in [0.2, 0.25) is 0 Å². The van der Waals surface area contributed by atoms with E-state index in [2.05, 4.69) is 15.5 Å². The van der Waals surface area contributed by atoms with Crippen LogP contribution in [0.5, 0.6) is 0 Å². The van der Waals surface area contributed by atoms with Gasteiger partial charge in [0, 0.05) is 13.6 Å². The lowest BCUT2D eigenvalue weighted by Crippen LogP contribution is -2.35. The van der Waals surface area contributed by atoms with E-state index in [0.717, 1.165) is 6.42 Å². The molecule has 0 aliphatic carbocycles. The van der Waals surface area contributed by atoms with Crippen LogP contribution in [-0.2, 0) is 4.79 Å². The molecule has 17 heavy (non-hydrogen) atoms. The number of alkyl halides is 1. The van der Waals surface area contributed by atoms with Crippen molar-refractivity contribution in [2.24, 2.45) is 0 Å². The van der Waals surface area contributed by atoms with Crippen LogP contribution in [0.4, 0.5) is 6.01 Å². The molecular weight excluding hydrogens is 244 g/mol. The predicted molar refractivity (Wildman–Crippen MR) is 65.1 cm³/mol. The van der Waals surface area contributed by atoms with Gasteiger partial charge in [0.05, 0.1) is 0 Å². The lowest BCUT2D eigenvalue weighted by molar-refractivity contribution is -0.119. The van der Waals surface area contributed by atoms with Crippen LogP contribution in [-0.4, -0.2) is 36.2 Å². The third-order valence-electron chi connectivity index (χ3n) is 2.05. The van der Waals surface area contributed by atoms with Crippen molar-refractivity contribution < 1.29 is 9.21 Å². The van der Waals surface area contributed by atoms with Crippen molar-refractivity contribution in [3.05, 3.63) is 5.89 Å². The fourth-order valence-corrected chi connectivity index (χ4v) is 1.23. The van der Waals surface area contributed by atoms with Crippen LogP contribution >= 0.6 is 11.6 Å². The number of nitrogens with one attached hydrogen (secondary N) is 1. The average molecular weight is 261 g/mol. The number of carbonyl (C=O) groups is 1. The van der Waals surface area contributed by atoms with Crippen LogP contribution in [0.3, 0.4) is 0 Å². The van der Waals surface area contributed by atoms with Crippen molar-refractivity contribution in [3.63, 3.8) is 0 Å². The molecule has 0 radical (unpaired) electrons. The van der Waals surface area contributed by atoms with E-state index < -0.39 is 0 Å². The molecule has 6 nitrogen and oxygen atoms in total. The quantitative estimate of drug-likeness (QED) is 0.782. The number of nitrogens with zero attached hydrogens (tertiary/aromatic N) is 3. The standard InChI is InChI=1S/C10H17ClN4O2/c1-4-5-12-8(16)6-15(3)10-14-13-9(17-10)7(2)11/h7H,4-6H2,1-3H3,(H,12,16). The van der Waals surface area contributed by atoms with Gasteiger partial charge >= 0.3 is 6.01 Å². The molecule has 0 aliphatic heterocycles. The number of rotatable bonds is 6. The molecule has 0 saturated heterocycles. The first kappa shape index (κ1) is 13.8. The second-order valence-electron chi connectivity index (χ2n) is 3.74. The van der Waals surface area contributed by atoms with Gasteiger partial charge in [-0.25, -0.2) is 0 Å². The molecule has 1 N–H and O–H groups in total. The molecule has 0 aromatic carbocycles. The smallest absolute Gasteiger partial charge is 0.318 e. The molecule has 1 unspecified atom stereocenters. The molecule has 96 valence electrons. The summed E-state index contributed by atoms with van der Waals surface area (Å²) in [6.07, 6.45) is 0.907. The highest BCUT2D eigenvalue weighted by Gasteiger charge is 2.15. The Kier molecular flexibility index (Phi) is 5.21. The third kappa shape index (κ3) is 4.22. The predicted octanol–water partition coefficient (Wildman–Crippen LogP) is 1.33. The summed E-state index contributed by atoms with van der Waals surface area (Å²) in [5, 5.41) is 10.0. The normalized spacial score (nSPS) is 12.2. The fraction of sp³-hybridized carbons (Fsp3) is 0.700. The van der Waals surface area contributed by atoms with Crippen molar-refractivity contribution in [2.45, 2.75) is 25.6 Å². The minimum absolute atomic E-state index is 0.0759. The monoisotopic (exact) mass is 260 g/mol. The van der Waals surface area contributed by atoms with Gasteiger partial charge in [-0.15, -0.1) is 16.7 Å². The molecule has 0 saturated carbocycles. The van der Waals surface area contributed by atoms with Gasteiger partial charge in [0.1, 0.15) is 11.9 Å². The summed E-state index contributed by atoms with van der Waals surface area (Å²) in [6.45, 7) is 4.59. The van der Waals surface area contributed by atoms with Crippen LogP contribution in [0.15, 0.2) is 4.42 Å². The van der Waals surface area contributed by atoms with Crippen molar-refractivity contribution >= 4 is 23.5 Å². The maximum absolute atomic E-state index is 11.5. The molecule has 1 heterocycles. The topological polar surface area (TPSA) is 71.3 Å². The van der Waals surface area contributed by atoms with E-state index in [-0.39, 0.29) is 17.8 Å². The van der Waals surface area contributed by atoms with Gasteiger partial charge in [-0.3, -0.25) is 4.79 Å². The molecule has 1 rings (SSSR count). The molecular formula is C10H17ClN4O2. The van der Waals surface area contributed by atoms with E-state index in [1.165, 1.54) is 0 Å². The summed E-state index contributed by atoms with van der Waals surface area (Å²) >= 11 is 5.80. The molecule has 1 atom stereocenters. The first-order chi connectivity index (χ1) is 8.04. The molecule has 1 aromatic rings. The number of anilines is 1. The Bertz CT molecular complexity index is 367. The Morgan fingerprint density at radius 3 is 2.82 bits per heavy atom. The zero-order valence-corrected chi connectivity index (χ0v) is 11.0. The maximum Gasteiger partial charge on any atom is 0.318 e. The van der Waals surface area contributed by atoms with Crippen LogP contribution in [0, 0.1) is 0 Å². The van der Waals surface area contributed by atoms with Crippen LogP contribution < -0.4 is 10.2 Å². The fourth-order valence-electron chi connectivity index (χ4n) is 1.14. The molecule has 1 aromatic heterocycles. The molecule has 0 aliphatic rings. The highest BCUT2D eigenvalue weighted by Crippen LogP contribution is 2.20. The number of likely N-dealkylation sites (N-methyl/N-ethyl adjacent to an activating group) is 1. The van der Waals surface area contributed by atoms with E-state index in [0.29, 0.717) is 18.5 Å². The summed E-state index contributed by atoms with van der Waals surface area (Å²) in [4.78, 5) is 13.0. The number of halogens is 1. The van der Waals surface area contributed by atoms with Gasteiger partial charge in [-0.05, 0) is 13.3 Å². The minimum Gasteiger partial charge on any atom is -0.406 e. The number of hydrogen-bond acceptors (Lipinski definition) is 5. The van der Waals surface area contributed by atoms with Crippen LogP contribution in [0.1, 0.15) is 31.5 Å². The van der Waals surface area contributed by atoms with Crippen molar-refractivity contribution in [2.75, 3.05) is 25.0 Å². The first-order valence-corrected chi connectivity index (χ1v) is 5.93. The van der Waals surface area contributed by atoms with Gasteiger partial charge in [-0.2, -0.15) is 0 Å². The van der Waals surface area contributed by atoms with E-state index in [9.17, 15) is 4.79 Å². The second-order valence-corrected chi connectivity index (χ2v) is 4.40. The molecule has 0 fully saturated rings. The Morgan fingerprint density at radius 2 is 2.29 bits per heavy atom. The largest absolute Gasteiger partial charge is 0.406 e.